The Kier molecular flexibility index (Phi) is 4.25. The number of hydrogen-bond donors (Lipinski definition) is 2. The zero-order chi connectivity index (χ0) is 13.0. The molecule has 1 aromatic carbocycles. The Morgan fingerprint density at radius 2 is 1.88 bits per heavy atom. The van der Waals surface area contributed by atoms with Crippen molar-refractivity contribution >= 4 is 11.8 Å². The van der Waals surface area contributed by atoms with Crippen molar-refractivity contribution in [3.63, 3.8) is 0 Å². The number of alkyl carbamates (subject to hydrolysis) is 1. The largest absolute Gasteiger partial charge is 0.453 e. The predicted molar refractivity (Wildman–Crippen MR) is 64.3 cm³/mol. The number of nitrogens with one attached hydrogen (secondary N) is 2. The minimum atomic E-state index is -0.527. The van der Waals surface area contributed by atoms with Gasteiger partial charge in [0.2, 0.25) is 10.9 Å². The highest BCUT2D eigenvalue weighted by atomic mass is 16.5. The number of methoxy groups -OCH3 is 1. The molecule has 0 fully saturated rings. The molecule has 6 nitrogen and oxygen atoms in total. The molecule has 0 bridgehead atoms. The maximum Gasteiger partial charge on any atom is 0.406 e. The second-order valence-corrected chi connectivity index (χ2v) is 3.95. The smallest absolute Gasteiger partial charge is 0.406 e. The van der Waals surface area contributed by atoms with Gasteiger partial charge in [-0.15, -0.1) is 0 Å². The Morgan fingerprint density at radius 1 is 1.24 bits per heavy atom. The normalized spacial score (nSPS) is 10.6. The van der Waals surface area contributed by atoms with Crippen molar-refractivity contribution < 1.29 is 9.53 Å². The molecule has 17 heavy (non-hydrogen) atoms. The first-order valence-electron chi connectivity index (χ1n) is 5.38. The van der Waals surface area contributed by atoms with E-state index in [0.29, 0.717) is 24.3 Å². The summed E-state index contributed by atoms with van der Waals surface area (Å²) in [4.78, 5) is 33.3. The van der Waals surface area contributed by atoms with Crippen LogP contribution in [0.2, 0.25) is 0 Å². The van der Waals surface area contributed by atoms with Gasteiger partial charge in [-0.05, 0) is 5.92 Å². The lowest BCUT2D eigenvalue weighted by atomic mass is 9.96. The van der Waals surface area contributed by atoms with Crippen molar-refractivity contribution in [2.45, 2.75) is 19.8 Å². The van der Waals surface area contributed by atoms with E-state index in [1.807, 2.05) is 13.8 Å². The summed E-state index contributed by atoms with van der Waals surface area (Å²) in [5, 5.41) is 5.31. The van der Waals surface area contributed by atoms with Gasteiger partial charge in [0.25, 0.3) is 0 Å². The molecule has 1 aromatic rings. The van der Waals surface area contributed by atoms with Crippen LogP contribution in [0.25, 0.3) is 0 Å². The van der Waals surface area contributed by atoms with E-state index in [4.69, 9.17) is 0 Å². The Labute approximate surface area is 98.7 Å². The number of anilines is 1. The maximum atomic E-state index is 11.3. The summed E-state index contributed by atoms with van der Waals surface area (Å²) < 4.78 is 4.38. The number of ether oxygens (including phenoxy) is 1. The molecular formula is C11H16N2O4. The summed E-state index contributed by atoms with van der Waals surface area (Å²) >= 11 is 0. The third-order valence-corrected chi connectivity index (χ3v) is 2.41. The summed E-state index contributed by atoms with van der Waals surface area (Å²) in [6, 6.07) is 0. The molecule has 0 aliphatic rings. The van der Waals surface area contributed by atoms with Gasteiger partial charge in [0.1, 0.15) is 0 Å². The van der Waals surface area contributed by atoms with Gasteiger partial charge in [-0.1, -0.05) is 13.8 Å². The van der Waals surface area contributed by atoms with Crippen molar-refractivity contribution in [3.05, 3.63) is 26.0 Å². The Bertz CT molecular complexity index is 472. The van der Waals surface area contributed by atoms with Gasteiger partial charge in [-0.25, -0.2) is 4.79 Å². The van der Waals surface area contributed by atoms with Crippen molar-refractivity contribution in [1.29, 1.82) is 0 Å². The SMILES string of the molecule is COC(=O)NCCNc1c(C(C)C)c(=O)c1=O. The van der Waals surface area contributed by atoms with Crippen LogP contribution in [0.1, 0.15) is 25.3 Å². The minimum Gasteiger partial charge on any atom is -0.453 e. The Balaban J connectivity index is 2.48. The molecule has 0 saturated carbocycles. The third-order valence-electron chi connectivity index (χ3n) is 2.41. The topological polar surface area (TPSA) is 84.5 Å². The predicted octanol–water partition coefficient (Wildman–Crippen LogP) is 0.174. The van der Waals surface area contributed by atoms with Gasteiger partial charge in [0, 0.05) is 18.7 Å². The van der Waals surface area contributed by atoms with E-state index in [0.717, 1.165) is 0 Å². The fourth-order valence-electron chi connectivity index (χ4n) is 1.56. The summed E-state index contributed by atoms with van der Waals surface area (Å²) in [7, 11) is 1.27. The minimum absolute atomic E-state index is 0.0243. The first-order chi connectivity index (χ1) is 7.99. The van der Waals surface area contributed by atoms with E-state index >= 15 is 0 Å². The molecular weight excluding hydrogens is 224 g/mol. The van der Waals surface area contributed by atoms with Crippen LogP contribution in [-0.2, 0) is 4.74 Å². The van der Waals surface area contributed by atoms with E-state index in [2.05, 4.69) is 15.4 Å². The summed E-state index contributed by atoms with van der Waals surface area (Å²) in [6.07, 6.45) is -0.527. The fraction of sp³-hybridized carbons (Fsp3) is 0.545. The van der Waals surface area contributed by atoms with Gasteiger partial charge in [0.15, 0.2) is 0 Å². The number of rotatable bonds is 5. The standard InChI is InChI=1S/C11H16N2O4/c1-6(2)7-8(10(15)9(7)14)12-4-5-13-11(16)17-3/h6,12H,4-5H2,1-3H3,(H,13,16). The average molecular weight is 240 g/mol. The van der Waals surface area contributed by atoms with E-state index in [9.17, 15) is 14.4 Å². The van der Waals surface area contributed by atoms with E-state index in [-0.39, 0.29) is 5.92 Å². The summed E-state index contributed by atoms with van der Waals surface area (Å²) in [6.45, 7) is 4.41. The molecule has 0 aliphatic heterocycles. The molecule has 6 heteroatoms. The zero-order valence-electron chi connectivity index (χ0n) is 10.1. The molecule has 0 atom stereocenters. The van der Waals surface area contributed by atoms with Crippen molar-refractivity contribution in [3.8, 4) is 0 Å². The molecule has 0 saturated heterocycles. The second-order valence-electron chi connectivity index (χ2n) is 3.95. The fourth-order valence-corrected chi connectivity index (χ4v) is 1.56. The van der Waals surface area contributed by atoms with Crippen LogP contribution in [0.4, 0.5) is 10.5 Å². The monoisotopic (exact) mass is 240 g/mol. The van der Waals surface area contributed by atoms with Gasteiger partial charge >= 0.3 is 6.09 Å². The van der Waals surface area contributed by atoms with Crippen LogP contribution in [0.15, 0.2) is 9.59 Å². The average Bonchev–Trinajstić information content (AvgIpc) is 2.30. The van der Waals surface area contributed by atoms with Gasteiger partial charge < -0.3 is 15.4 Å². The van der Waals surface area contributed by atoms with E-state index in [1.54, 1.807) is 0 Å². The first-order valence-corrected chi connectivity index (χ1v) is 5.38. The number of amides is 1. The van der Waals surface area contributed by atoms with Gasteiger partial charge in [0.05, 0.1) is 12.8 Å². The lowest BCUT2D eigenvalue weighted by molar-refractivity contribution is 0.171. The molecule has 1 amide bonds. The van der Waals surface area contributed by atoms with Gasteiger partial charge in [-0.2, -0.15) is 0 Å². The molecule has 94 valence electrons. The molecule has 0 aliphatic carbocycles. The van der Waals surface area contributed by atoms with E-state index in [1.165, 1.54) is 7.11 Å². The Hall–Kier alpha value is -1.85. The molecule has 0 radical (unpaired) electrons. The number of hydrogen-bond acceptors (Lipinski definition) is 5. The molecule has 1 rings (SSSR count). The van der Waals surface area contributed by atoms with Crippen molar-refractivity contribution in [1.82, 2.24) is 5.32 Å². The van der Waals surface area contributed by atoms with Crippen molar-refractivity contribution in [2.24, 2.45) is 0 Å². The number of carbonyl (C=O) groups is 1. The molecule has 0 aromatic heterocycles. The highest BCUT2D eigenvalue weighted by Crippen LogP contribution is 2.17. The Morgan fingerprint density at radius 3 is 2.41 bits per heavy atom. The molecule has 2 N–H and O–H groups in total. The van der Waals surface area contributed by atoms with E-state index < -0.39 is 17.0 Å². The highest BCUT2D eigenvalue weighted by Gasteiger charge is 2.22. The lowest BCUT2D eigenvalue weighted by Gasteiger charge is -2.15. The van der Waals surface area contributed by atoms with Crippen LogP contribution in [0.3, 0.4) is 0 Å². The van der Waals surface area contributed by atoms with Crippen LogP contribution in [0.5, 0.6) is 0 Å². The quantitative estimate of drug-likeness (QED) is 0.566. The molecule has 0 unspecified atom stereocenters. The zero-order valence-corrected chi connectivity index (χ0v) is 10.1. The van der Waals surface area contributed by atoms with Crippen molar-refractivity contribution in [2.75, 3.05) is 25.5 Å². The third kappa shape index (κ3) is 2.83. The van der Waals surface area contributed by atoms with Gasteiger partial charge in [-0.3, -0.25) is 9.59 Å². The summed E-state index contributed by atoms with van der Waals surface area (Å²) in [5.74, 6) is 0.0243. The van der Waals surface area contributed by atoms with Crippen LogP contribution in [-0.4, -0.2) is 26.3 Å². The van der Waals surface area contributed by atoms with Crippen LogP contribution >= 0.6 is 0 Å². The first kappa shape index (κ1) is 13.2. The lowest BCUT2D eigenvalue weighted by Crippen LogP contribution is -2.40. The number of carbonyl (C=O) groups excluding carboxylic acids is 1. The van der Waals surface area contributed by atoms with Crippen LogP contribution in [0, 0.1) is 0 Å². The highest BCUT2D eigenvalue weighted by molar-refractivity contribution is 5.67. The maximum absolute atomic E-state index is 11.3. The molecule has 0 spiro atoms. The van der Waals surface area contributed by atoms with Crippen LogP contribution < -0.4 is 21.5 Å². The molecule has 0 heterocycles. The summed E-state index contributed by atoms with van der Waals surface area (Å²) in [5.41, 5.74) is 0.0138. The second kappa shape index (κ2) is 5.47.